The molecule has 0 aliphatic heterocycles. The lowest BCUT2D eigenvalue weighted by Gasteiger charge is -2.13. The normalized spacial score (nSPS) is 12.1. The third kappa shape index (κ3) is 6.79. The van der Waals surface area contributed by atoms with E-state index < -0.39 is 54.6 Å². The highest BCUT2D eigenvalue weighted by Gasteiger charge is 2.24. The van der Waals surface area contributed by atoms with Gasteiger partial charge in [-0.25, -0.2) is 13.2 Å². The van der Waals surface area contributed by atoms with Gasteiger partial charge in [-0.15, -0.1) is 20.5 Å². The zero-order valence-corrected chi connectivity index (χ0v) is 24.0. The largest absolute Gasteiger partial charge is 0.495 e. The Morgan fingerprint density at radius 1 is 0.810 bits per heavy atom. The van der Waals surface area contributed by atoms with Crippen LogP contribution in [0.15, 0.2) is 72.7 Å². The molecule has 0 saturated carbocycles. The van der Waals surface area contributed by atoms with Gasteiger partial charge in [-0.2, -0.15) is 8.42 Å². The minimum atomic E-state index is -4.93. The molecule has 0 spiro atoms. The fourth-order valence-electron chi connectivity index (χ4n) is 3.53. The predicted octanol–water partition coefficient (Wildman–Crippen LogP) is 3.50. The number of aliphatic hydroxyl groups excluding tert-OH is 1. The molecule has 0 aliphatic carbocycles. The molecular formula is C24H26N6O10S2. The van der Waals surface area contributed by atoms with Crippen LogP contribution in [0.2, 0.25) is 0 Å². The first kappa shape index (κ1) is 31.9. The quantitative estimate of drug-likeness (QED) is 0.104. The number of nitrogens with two attached hydrogens (primary N) is 2. The van der Waals surface area contributed by atoms with E-state index in [0.717, 1.165) is 12.1 Å². The van der Waals surface area contributed by atoms with Crippen LogP contribution in [0.25, 0.3) is 0 Å². The van der Waals surface area contributed by atoms with Gasteiger partial charge < -0.3 is 30.8 Å². The smallest absolute Gasteiger partial charge is 0.340 e. The van der Waals surface area contributed by atoms with Gasteiger partial charge in [0.25, 0.3) is 10.1 Å². The van der Waals surface area contributed by atoms with E-state index in [-0.39, 0.29) is 44.7 Å². The molecule has 0 fully saturated rings. The number of aliphatic hydroxyl groups is 1. The zero-order valence-electron chi connectivity index (χ0n) is 22.4. The summed E-state index contributed by atoms with van der Waals surface area (Å²) in [6.07, 6.45) is 0. The standard InChI is InChI=1S/C24H26N6O10S2/c1-38-17-12-19(41(33,34)9-8-31)18(39-2)10-15(17)28-29-16-11-20(42(35,36)37)22(26)23(21(16)25)30-27-14-7-5-4-6-13(14)24(32)40-3/h4-7,10-12,31H,8-9,25-26H2,1-3H3,(H,35,36,37)/b29-28+,30-27+. The van der Waals surface area contributed by atoms with Gasteiger partial charge in [-0.1, -0.05) is 12.1 Å². The van der Waals surface area contributed by atoms with Crippen LogP contribution in [0.1, 0.15) is 10.4 Å². The number of nitrogen functional groups attached to an aromatic ring is 2. The molecule has 0 amide bonds. The van der Waals surface area contributed by atoms with E-state index in [4.69, 9.17) is 30.8 Å². The molecule has 3 rings (SSSR count). The Kier molecular flexibility index (Phi) is 9.79. The van der Waals surface area contributed by atoms with E-state index in [1.807, 2.05) is 0 Å². The van der Waals surface area contributed by atoms with Gasteiger partial charge in [0.2, 0.25) is 0 Å². The molecule has 16 nitrogen and oxygen atoms in total. The van der Waals surface area contributed by atoms with E-state index in [1.54, 1.807) is 12.1 Å². The van der Waals surface area contributed by atoms with Gasteiger partial charge >= 0.3 is 5.97 Å². The number of carbonyl (C=O) groups excluding carboxylic acids is 1. The second kappa shape index (κ2) is 12.9. The topological polar surface area (TPSA) is 255 Å². The number of ether oxygens (including phenoxy) is 3. The molecule has 0 aromatic heterocycles. The number of rotatable bonds is 11. The van der Waals surface area contributed by atoms with Gasteiger partial charge in [0, 0.05) is 12.1 Å². The predicted molar refractivity (Wildman–Crippen MR) is 150 cm³/mol. The SMILES string of the molecule is COC(=O)c1ccccc1/N=N/c1c(N)c(/N=N/c2cc(OC)c(S(=O)(=O)CCO)cc2OC)cc(S(=O)(=O)O)c1N. The molecular weight excluding hydrogens is 596 g/mol. The number of sulfone groups is 1. The van der Waals surface area contributed by atoms with E-state index in [9.17, 15) is 26.2 Å². The molecule has 0 radical (unpaired) electrons. The van der Waals surface area contributed by atoms with Crippen molar-refractivity contribution in [3.63, 3.8) is 0 Å². The molecule has 6 N–H and O–H groups in total. The summed E-state index contributed by atoms with van der Waals surface area (Å²) in [6.45, 7) is -0.629. The molecule has 0 atom stereocenters. The third-order valence-corrected chi connectivity index (χ3v) is 8.19. The number of esters is 1. The van der Waals surface area contributed by atoms with Crippen LogP contribution < -0.4 is 20.9 Å². The number of hydrogen-bond acceptors (Lipinski definition) is 15. The van der Waals surface area contributed by atoms with Gasteiger partial charge in [-0.05, 0) is 18.2 Å². The number of nitrogens with zero attached hydrogens (tertiary/aromatic N) is 4. The summed E-state index contributed by atoms with van der Waals surface area (Å²) in [7, 11) is -5.26. The summed E-state index contributed by atoms with van der Waals surface area (Å²) in [5, 5.41) is 24.9. The van der Waals surface area contributed by atoms with Gasteiger partial charge in [0.15, 0.2) is 9.84 Å². The molecule has 3 aromatic carbocycles. The summed E-state index contributed by atoms with van der Waals surface area (Å²) in [5.41, 5.74) is 10.5. The molecule has 0 heterocycles. The maximum atomic E-state index is 12.6. The molecule has 3 aromatic rings. The summed E-state index contributed by atoms with van der Waals surface area (Å²) >= 11 is 0. The fraction of sp³-hybridized carbons (Fsp3) is 0.208. The van der Waals surface area contributed by atoms with Gasteiger partial charge in [-0.3, -0.25) is 4.55 Å². The zero-order chi connectivity index (χ0) is 31.2. The van der Waals surface area contributed by atoms with Crippen molar-refractivity contribution in [2.75, 3.05) is 45.2 Å². The molecule has 42 heavy (non-hydrogen) atoms. The summed E-state index contributed by atoms with van der Waals surface area (Å²) < 4.78 is 74.2. The van der Waals surface area contributed by atoms with Crippen molar-refractivity contribution in [2.45, 2.75) is 9.79 Å². The van der Waals surface area contributed by atoms with Gasteiger partial charge in [0.1, 0.15) is 44.0 Å². The van der Waals surface area contributed by atoms with Gasteiger partial charge in [0.05, 0.1) is 50.6 Å². The second-order valence-electron chi connectivity index (χ2n) is 8.17. The van der Waals surface area contributed by atoms with Crippen molar-refractivity contribution in [3.8, 4) is 11.5 Å². The highest BCUT2D eigenvalue weighted by Crippen LogP contribution is 2.44. The minimum absolute atomic E-state index is 0.0386. The fourth-order valence-corrected chi connectivity index (χ4v) is 5.36. The highest BCUT2D eigenvalue weighted by molar-refractivity contribution is 7.91. The Bertz CT molecular complexity index is 1790. The molecule has 0 unspecified atom stereocenters. The maximum Gasteiger partial charge on any atom is 0.340 e. The first-order chi connectivity index (χ1) is 19.8. The third-order valence-electron chi connectivity index (χ3n) is 5.59. The Morgan fingerprint density at radius 2 is 1.43 bits per heavy atom. The van der Waals surface area contributed by atoms with E-state index in [2.05, 4.69) is 20.5 Å². The number of hydrogen-bond donors (Lipinski definition) is 4. The highest BCUT2D eigenvalue weighted by atomic mass is 32.2. The van der Waals surface area contributed by atoms with Crippen molar-refractivity contribution >= 4 is 60.0 Å². The Labute approximate surface area is 240 Å². The Hall–Kier alpha value is -4.65. The van der Waals surface area contributed by atoms with Crippen LogP contribution >= 0.6 is 0 Å². The number of benzene rings is 3. The van der Waals surface area contributed by atoms with E-state index in [0.29, 0.717) is 0 Å². The summed E-state index contributed by atoms with van der Waals surface area (Å²) in [4.78, 5) is 11.0. The van der Waals surface area contributed by atoms with E-state index >= 15 is 0 Å². The summed E-state index contributed by atoms with van der Waals surface area (Å²) in [6, 6.07) is 9.12. The maximum absolute atomic E-state index is 12.6. The Balaban J connectivity index is 2.20. The average molecular weight is 623 g/mol. The van der Waals surface area contributed by atoms with Crippen LogP contribution in [0.5, 0.6) is 11.5 Å². The van der Waals surface area contributed by atoms with Crippen LogP contribution in [0.4, 0.5) is 34.1 Å². The van der Waals surface area contributed by atoms with Crippen LogP contribution in [-0.4, -0.2) is 66.2 Å². The molecule has 224 valence electrons. The number of methoxy groups -OCH3 is 3. The van der Waals surface area contributed by atoms with Crippen molar-refractivity contribution < 1.29 is 45.5 Å². The average Bonchev–Trinajstić information content (AvgIpc) is 2.95. The number of carbonyl (C=O) groups is 1. The molecule has 0 aliphatic rings. The molecule has 0 saturated heterocycles. The first-order valence-electron chi connectivity index (χ1n) is 11.6. The lowest BCUT2D eigenvalue weighted by atomic mass is 10.2. The van der Waals surface area contributed by atoms with Crippen LogP contribution in [0.3, 0.4) is 0 Å². The number of azo groups is 2. The molecule has 18 heteroatoms. The Morgan fingerprint density at radius 3 is 2.02 bits per heavy atom. The van der Waals surface area contributed by atoms with Crippen LogP contribution in [-0.2, 0) is 24.7 Å². The van der Waals surface area contributed by atoms with Crippen molar-refractivity contribution in [1.82, 2.24) is 0 Å². The summed E-state index contributed by atoms with van der Waals surface area (Å²) in [5.74, 6) is -1.50. The monoisotopic (exact) mass is 622 g/mol. The minimum Gasteiger partial charge on any atom is -0.495 e. The first-order valence-corrected chi connectivity index (χ1v) is 14.7. The van der Waals surface area contributed by atoms with Crippen molar-refractivity contribution in [3.05, 3.63) is 48.0 Å². The lowest BCUT2D eigenvalue weighted by molar-refractivity contribution is 0.0601. The van der Waals surface area contributed by atoms with Crippen LogP contribution in [0, 0.1) is 0 Å². The van der Waals surface area contributed by atoms with E-state index in [1.165, 1.54) is 39.5 Å². The lowest BCUT2D eigenvalue weighted by Crippen LogP contribution is -2.11. The number of anilines is 2. The van der Waals surface area contributed by atoms with Crippen molar-refractivity contribution in [1.29, 1.82) is 0 Å². The van der Waals surface area contributed by atoms with Crippen molar-refractivity contribution in [2.24, 2.45) is 20.5 Å². The molecule has 0 bridgehead atoms. The second-order valence-corrected chi connectivity index (χ2v) is 11.6.